The Morgan fingerprint density at radius 1 is 1.00 bits per heavy atom. The summed E-state index contributed by atoms with van der Waals surface area (Å²) in [4.78, 5) is 0. The molecular weight excluding hydrogens is 262 g/mol. The zero-order valence-electron chi connectivity index (χ0n) is 10.0. The van der Waals surface area contributed by atoms with E-state index in [9.17, 15) is 8.42 Å². The van der Waals surface area contributed by atoms with Crippen LogP contribution >= 0.6 is 12.4 Å². The molecule has 7 heteroatoms. The van der Waals surface area contributed by atoms with Gasteiger partial charge in [0, 0.05) is 26.2 Å². The smallest absolute Gasteiger partial charge is 0.281 e. The van der Waals surface area contributed by atoms with Crippen molar-refractivity contribution >= 4 is 22.6 Å². The minimum Gasteiger partial charge on any atom is -0.330 e. The molecule has 2 aliphatic rings. The third-order valence-corrected chi connectivity index (χ3v) is 5.66. The summed E-state index contributed by atoms with van der Waals surface area (Å²) in [6, 6.07) is 0. The first kappa shape index (κ1) is 15.2. The molecule has 2 fully saturated rings. The molecule has 2 rings (SSSR count). The van der Waals surface area contributed by atoms with Crippen LogP contribution in [0.5, 0.6) is 0 Å². The van der Waals surface area contributed by atoms with E-state index in [4.69, 9.17) is 5.73 Å². The number of halogens is 1. The highest BCUT2D eigenvalue weighted by molar-refractivity contribution is 7.86. The third-order valence-electron chi connectivity index (χ3n) is 3.62. The van der Waals surface area contributed by atoms with Gasteiger partial charge in [-0.25, -0.2) is 0 Å². The summed E-state index contributed by atoms with van der Waals surface area (Å²) in [5.41, 5.74) is 5.60. The lowest BCUT2D eigenvalue weighted by Gasteiger charge is -2.33. The lowest BCUT2D eigenvalue weighted by atomic mass is 9.99. The Kier molecular flexibility index (Phi) is 5.66. The van der Waals surface area contributed by atoms with Crippen molar-refractivity contribution in [3.05, 3.63) is 0 Å². The molecule has 2 saturated heterocycles. The summed E-state index contributed by atoms with van der Waals surface area (Å²) in [5, 5.41) is 0. The molecule has 2 aliphatic heterocycles. The predicted molar refractivity (Wildman–Crippen MR) is 70.3 cm³/mol. The fourth-order valence-corrected chi connectivity index (χ4v) is 4.18. The van der Waals surface area contributed by atoms with Gasteiger partial charge in [0.25, 0.3) is 10.2 Å². The summed E-state index contributed by atoms with van der Waals surface area (Å²) >= 11 is 0. The number of hydrogen-bond donors (Lipinski definition) is 1. The van der Waals surface area contributed by atoms with Crippen LogP contribution in [0.4, 0.5) is 0 Å². The molecule has 0 saturated carbocycles. The van der Waals surface area contributed by atoms with Gasteiger partial charge in [0.2, 0.25) is 0 Å². The van der Waals surface area contributed by atoms with Gasteiger partial charge < -0.3 is 5.73 Å². The van der Waals surface area contributed by atoms with Crippen molar-refractivity contribution in [1.29, 1.82) is 0 Å². The maximum Gasteiger partial charge on any atom is 0.281 e. The van der Waals surface area contributed by atoms with E-state index in [1.54, 1.807) is 8.61 Å². The van der Waals surface area contributed by atoms with E-state index in [0.29, 0.717) is 38.6 Å². The van der Waals surface area contributed by atoms with Gasteiger partial charge in [-0.1, -0.05) is 0 Å². The summed E-state index contributed by atoms with van der Waals surface area (Å²) < 4.78 is 27.7. The summed E-state index contributed by atoms with van der Waals surface area (Å²) in [6.45, 7) is 3.34. The van der Waals surface area contributed by atoms with Gasteiger partial charge in [0.05, 0.1) is 0 Å². The highest BCUT2D eigenvalue weighted by Crippen LogP contribution is 2.22. The van der Waals surface area contributed by atoms with Crippen molar-refractivity contribution in [3.63, 3.8) is 0 Å². The molecule has 5 nitrogen and oxygen atoms in total. The van der Waals surface area contributed by atoms with Crippen molar-refractivity contribution in [2.75, 3.05) is 32.7 Å². The van der Waals surface area contributed by atoms with Crippen molar-refractivity contribution in [3.8, 4) is 0 Å². The van der Waals surface area contributed by atoms with Crippen LogP contribution in [0.15, 0.2) is 0 Å². The summed E-state index contributed by atoms with van der Waals surface area (Å²) in [7, 11) is -3.17. The molecule has 0 spiro atoms. The first-order valence-corrected chi connectivity index (χ1v) is 7.49. The Balaban J connectivity index is 0.00000144. The molecule has 0 aromatic carbocycles. The number of nitrogens with two attached hydrogens (primary N) is 1. The second-order valence-electron chi connectivity index (χ2n) is 4.69. The average molecular weight is 284 g/mol. The predicted octanol–water partition coefficient (Wildman–Crippen LogP) is 0.419. The lowest BCUT2D eigenvalue weighted by molar-refractivity contribution is 0.263. The van der Waals surface area contributed by atoms with Crippen LogP contribution in [-0.4, -0.2) is 49.8 Å². The van der Waals surface area contributed by atoms with Crippen LogP contribution in [0.2, 0.25) is 0 Å². The van der Waals surface area contributed by atoms with Gasteiger partial charge in [-0.3, -0.25) is 0 Å². The van der Waals surface area contributed by atoms with Gasteiger partial charge in [-0.15, -0.1) is 12.4 Å². The van der Waals surface area contributed by atoms with Crippen LogP contribution in [0, 0.1) is 5.92 Å². The first-order valence-electron chi connectivity index (χ1n) is 6.10. The second kappa shape index (κ2) is 6.33. The quantitative estimate of drug-likeness (QED) is 0.816. The number of nitrogens with zero attached hydrogens (tertiary/aromatic N) is 2. The van der Waals surface area contributed by atoms with E-state index in [0.717, 1.165) is 25.7 Å². The molecule has 102 valence electrons. The largest absolute Gasteiger partial charge is 0.330 e. The van der Waals surface area contributed by atoms with Gasteiger partial charge in [-0.2, -0.15) is 17.0 Å². The molecule has 0 aromatic heterocycles. The zero-order valence-corrected chi connectivity index (χ0v) is 11.7. The van der Waals surface area contributed by atoms with Crippen LogP contribution in [0.25, 0.3) is 0 Å². The lowest BCUT2D eigenvalue weighted by Crippen LogP contribution is -2.46. The zero-order chi connectivity index (χ0) is 11.6. The Labute approximate surface area is 110 Å². The Hall–Kier alpha value is 0.120. The molecule has 0 aromatic rings. The molecule has 0 aliphatic carbocycles. The molecule has 0 atom stereocenters. The van der Waals surface area contributed by atoms with Crippen molar-refractivity contribution in [2.24, 2.45) is 11.7 Å². The monoisotopic (exact) mass is 283 g/mol. The Morgan fingerprint density at radius 3 is 1.94 bits per heavy atom. The standard InChI is InChI=1S/C10H21N3O2S.ClH/c11-9-10-3-7-13(8-4-10)16(14,15)12-5-1-2-6-12;/h10H,1-9,11H2;1H. The molecular formula is C10H22ClN3O2S. The highest BCUT2D eigenvalue weighted by Gasteiger charge is 2.33. The topological polar surface area (TPSA) is 66.6 Å². The van der Waals surface area contributed by atoms with E-state index in [2.05, 4.69) is 0 Å². The molecule has 2 N–H and O–H groups in total. The van der Waals surface area contributed by atoms with Crippen LogP contribution < -0.4 is 5.73 Å². The summed E-state index contributed by atoms with van der Waals surface area (Å²) in [5.74, 6) is 0.505. The normalized spacial score (nSPS) is 24.8. The number of hydrogen-bond acceptors (Lipinski definition) is 3. The first-order chi connectivity index (χ1) is 7.64. The molecule has 17 heavy (non-hydrogen) atoms. The van der Waals surface area contributed by atoms with E-state index in [1.807, 2.05) is 0 Å². The van der Waals surface area contributed by atoms with Crippen molar-refractivity contribution < 1.29 is 8.42 Å². The van der Waals surface area contributed by atoms with Gasteiger partial charge >= 0.3 is 0 Å². The fourth-order valence-electron chi connectivity index (χ4n) is 2.46. The molecule has 0 bridgehead atoms. The Morgan fingerprint density at radius 2 is 1.47 bits per heavy atom. The maximum atomic E-state index is 12.2. The molecule has 2 heterocycles. The highest BCUT2D eigenvalue weighted by atomic mass is 35.5. The van der Waals surface area contributed by atoms with Crippen molar-refractivity contribution in [1.82, 2.24) is 8.61 Å². The minimum absolute atomic E-state index is 0. The van der Waals surface area contributed by atoms with Crippen LogP contribution in [0.3, 0.4) is 0 Å². The minimum atomic E-state index is -3.17. The van der Waals surface area contributed by atoms with Crippen molar-refractivity contribution in [2.45, 2.75) is 25.7 Å². The molecule has 0 radical (unpaired) electrons. The average Bonchev–Trinajstić information content (AvgIpc) is 2.83. The van der Waals surface area contributed by atoms with Gasteiger partial charge in [-0.05, 0) is 38.1 Å². The fraction of sp³-hybridized carbons (Fsp3) is 1.00. The number of rotatable bonds is 3. The second-order valence-corrected chi connectivity index (χ2v) is 6.62. The van der Waals surface area contributed by atoms with Crippen LogP contribution in [0.1, 0.15) is 25.7 Å². The Bertz CT molecular complexity index is 322. The van der Waals surface area contributed by atoms with E-state index >= 15 is 0 Å². The van der Waals surface area contributed by atoms with E-state index < -0.39 is 10.2 Å². The molecule has 0 unspecified atom stereocenters. The van der Waals surface area contributed by atoms with E-state index in [1.165, 1.54) is 0 Å². The molecule has 0 amide bonds. The van der Waals surface area contributed by atoms with E-state index in [-0.39, 0.29) is 12.4 Å². The third kappa shape index (κ3) is 3.32. The maximum absolute atomic E-state index is 12.2. The SMILES string of the molecule is Cl.NCC1CCN(S(=O)(=O)N2CCCC2)CC1. The van der Waals surface area contributed by atoms with Gasteiger partial charge in [0.15, 0.2) is 0 Å². The van der Waals surface area contributed by atoms with Gasteiger partial charge in [0.1, 0.15) is 0 Å². The van der Waals surface area contributed by atoms with Crippen LogP contribution in [-0.2, 0) is 10.2 Å². The number of piperidine rings is 1. The summed E-state index contributed by atoms with van der Waals surface area (Å²) in [6.07, 6.45) is 3.81.